The molecule has 16 heteroatoms. The number of thiazole rings is 2. The SMILES string of the molecule is Cc1nc(N)sc1CCCN=C(N)NC(=O)NCCCCCCCCNC(=O)NC(N)=NCCCc1sc(N)nc1C. The molecule has 2 aromatic heterocycles. The molecule has 0 unspecified atom stereocenters. The second kappa shape index (κ2) is 19.5. The van der Waals surface area contributed by atoms with Crippen LogP contribution in [0.4, 0.5) is 19.9 Å². The van der Waals surface area contributed by atoms with E-state index in [1.165, 1.54) is 22.7 Å². The monoisotopic (exact) mass is 622 g/mol. The number of rotatable bonds is 17. The van der Waals surface area contributed by atoms with E-state index in [-0.39, 0.29) is 24.0 Å². The van der Waals surface area contributed by atoms with E-state index < -0.39 is 0 Å². The van der Waals surface area contributed by atoms with Gasteiger partial charge in [0.1, 0.15) is 0 Å². The van der Waals surface area contributed by atoms with Crippen molar-refractivity contribution in [1.29, 1.82) is 0 Å². The predicted octanol–water partition coefficient (Wildman–Crippen LogP) is 2.51. The van der Waals surface area contributed by atoms with Gasteiger partial charge >= 0.3 is 12.1 Å². The van der Waals surface area contributed by atoms with E-state index in [1.54, 1.807) is 0 Å². The van der Waals surface area contributed by atoms with E-state index in [1.807, 2.05) is 13.8 Å². The lowest BCUT2D eigenvalue weighted by Crippen LogP contribution is -2.43. The molecular weight excluding hydrogens is 577 g/mol. The minimum atomic E-state index is -0.353. The zero-order valence-electron chi connectivity index (χ0n) is 24.6. The number of aliphatic imine (C=N–C) groups is 2. The Bertz CT molecular complexity index is 1090. The highest BCUT2D eigenvalue weighted by Gasteiger charge is 2.07. The normalized spacial score (nSPS) is 11.9. The van der Waals surface area contributed by atoms with E-state index in [2.05, 4.69) is 41.2 Å². The highest BCUT2D eigenvalue weighted by atomic mass is 32.1. The van der Waals surface area contributed by atoms with Gasteiger partial charge in [-0.3, -0.25) is 20.6 Å². The first-order chi connectivity index (χ1) is 20.1. The van der Waals surface area contributed by atoms with Gasteiger partial charge < -0.3 is 33.6 Å². The summed E-state index contributed by atoms with van der Waals surface area (Å²) in [6, 6.07) is -0.706. The molecule has 0 saturated carbocycles. The molecule has 2 aromatic rings. The number of nitrogen functional groups attached to an aromatic ring is 2. The fourth-order valence-corrected chi connectivity index (χ4v) is 5.75. The molecule has 0 saturated heterocycles. The van der Waals surface area contributed by atoms with Gasteiger partial charge in [0.05, 0.1) is 11.4 Å². The number of guanidine groups is 2. The molecule has 12 N–H and O–H groups in total. The van der Waals surface area contributed by atoms with Gasteiger partial charge in [-0.05, 0) is 52.4 Å². The summed E-state index contributed by atoms with van der Waals surface area (Å²) in [4.78, 5) is 43.0. The number of nitrogens with one attached hydrogen (secondary N) is 4. The van der Waals surface area contributed by atoms with Crippen molar-refractivity contribution >= 4 is 56.9 Å². The molecular formula is C26H46N12O2S2. The summed E-state index contributed by atoms with van der Waals surface area (Å²) < 4.78 is 0. The maximum atomic E-state index is 12.0. The third-order valence-electron chi connectivity index (χ3n) is 6.16. The van der Waals surface area contributed by atoms with Crippen molar-refractivity contribution < 1.29 is 9.59 Å². The molecule has 0 aliphatic rings. The van der Waals surface area contributed by atoms with Crippen LogP contribution in [0.1, 0.15) is 72.5 Å². The van der Waals surface area contributed by atoms with Crippen LogP contribution in [-0.4, -0.2) is 60.1 Å². The summed E-state index contributed by atoms with van der Waals surface area (Å²) in [5.41, 5.74) is 24.9. The van der Waals surface area contributed by atoms with E-state index in [4.69, 9.17) is 22.9 Å². The smallest absolute Gasteiger partial charge is 0.321 e. The lowest BCUT2D eigenvalue weighted by Gasteiger charge is -2.08. The van der Waals surface area contributed by atoms with E-state index >= 15 is 0 Å². The number of anilines is 2. The maximum absolute atomic E-state index is 12.0. The van der Waals surface area contributed by atoms with E-state index in [9.17, 15) is 9.59 Å². The Morgan fingerprint density at radius 3 is 1.40 bits per heavy atom. The first kappa shape index (κ1) is 34.5. The van der Waals surface area contributed by atoms with E-state index in [0.29, 0.717) is 36.4 Å². The van der Waals surface area contributed by atoms with Crippen LogP contribution in [0.2, 0.25) is 0 Å². The number of nitrogens with zero attached hydrogens (tertiary/aromatic N) is 4. The van der Waals surface area contributed by atoms with Crippen LogP contribution in [0.5, 0.6) is 0 Å². The number of hydrogen-bond donors (Lipinski definition) is 8. The Labute approximate surface area is 255 Å². The molecule has 2 heterocycles. The number of carbonyl (C=O) groups is 2. The number of urea groups is 2. The van der Waals surface area contributed by atoms with Gasteiger partial charge in [0.15, 0.2) is 22.2 Å². The largest absolute Gasteiger partial charge is 0.375 e. The Kier molecular flexibility index (Phi) is 16.0. The Morgan fingerprint density at radius 2 is 1.05 bits per heavy atom. The molecule has 0 radical (unpaired) electrons. The Balaban J connectivity index is 1.39. The van der Waals surface area contributed by atoms with Crippen molar-refractivity contribution in [1.82, 2.24) is 31.2 Å². The molecule has 0 bridgehead atoms. The molecule has 0 fully saturated rings. The lowest BCUT2D eigenvalue weighted by molar-refractivity contribution is 0.244. The zero-order valence-corrected chi connectivity index (χ0v) is 26.3. The first-order valence-electron chi connectivity index (χ1n) is 14.3. The molecule has 0 atom stereocenters. The van der Waals surface area contributed by atoms with Gasteiger partial charge in [0, 0.05) is 35.9 Å². The molecule has 0 aliphatic heterocycles. The number of amides is 4. The number of aromatic nitrogens is 2. The summed E-state index contributed by atoms with van der Waals surface area (Å²) in [7, 11) is 0. The zero-order chi connectivity index (χ0) is 30.7. The maximum Gasteiger partial charge on any atom is 0.321 e. The molecule has 42 heavy (non-hydrogen) atoms. The molecule has 2 rings (SSSR count). The summed E-state index contributed by atoms with van der Waals surface area (Å²) in [6.45, 7) is 6.03. The van der Waals surface area contributed by atoms with Crippen LogP contribution in [0.3, 0.4) is 0 Å². The first-order valence-corrected chi connectivity index (χ1v) is 15.9. The lowest BCUT2D eigenvalue weighted by atomic mass is 10.1. The van der Waals surface area contributed by atoms with Crippen LogP contribution in [0.15, 0.2) is 9.98 Å². The topological polar surface area (TPSA) is 237 Å². The van der Waals surface area contributed by atoms with Crippen molar-refractivity contribution in [3.8, 4) is 0 Å². The third kappa shape index (κ3) is 14.8. The van der Waals surface area contributed by atoms with Gasteiger partial charge in [-0.1, -0.05) is 25.7 Å². The second-order valence-electron chi connectivity index (χ2n) is 9.75. The fraction of sp³-hybridized carbons (Fsp3) is 0.615. The Morgan fingerprint density at radius 1 is 0.667 bits per heavy atom. The fourth-order valence-electron chi connectivity index (χ4n) is 4.00. The molecule has 0 aromatic carbocycles. The van der Waals surface area contributed by atoms with Crippen molar-refractivity contribution in [3.05, 3.63) is 21.1 Å². The average molecular weight is 623 g/mol. The van der Waals surface area contributed by atoms with Crippen molar-refractivity contribution in [3.63, 3.8) is 0 Å². The molecule has 0 aliphatic carbocycles. The summed E-state index contributed by atoms with van der Waals surface area (Å²) in [5, 5.41) is 11.8. The van der Waals surface area contributed by atoms with Gasteiger partial charge in [-0.15, -0.1) is 22.7 Å². The standard InChI is InChI=1S/C26H46N12O2S2/c1-17-19(41-23(29)35-17)11-9-15-31-21(27)37-25(39)33-13-7-5-3-4-6-8-14-34-26(40)38-22(28)32-16-10-12-20-18(2)36-24(30)42-20/h3-16H2,1-2H3,(H2,29,35)(H2,30,36)(H4,27,31,33,37,39)(H4,28,32,34,38,40). The number of nitrogens with two attached hydrogens (primary N) is 4. The summed E-state index contributed by atoms with van der Waals surface area (Å²) in [6.07, 6.45) is 9.10. The minimum absolute atomic E-state index is 0.106. The number of carbonyl (C=O) groups excluding carboxylic acids is 2. The quantitative estimate of drug-likeness (QED) is 0.0739. The average Bonchev–Trinajstić information content (AvgIpc) is 3.42. The molecule has 0 spiro atoms. The van der Waals surface area contributed by atoms with Gasteiger partial charge in [-0.25, -0.2) is 19.6 Å². The minimum Gasteiger partial charge on any atom is -0.375 e. The summed E-state index contributed by atoms with van der Waals surface area (Å²) >= 11 is 2.97. The van der Waals surface area contributed by atoms with Crippen LogP contribution in [0.25, 0.3) is 0 Å². The van der Waals surface area contributed by atoms with Crippen LogP contribution in [-0.2, 0) is 12.8 Å². The van der Waals surface area contributed by atoms with E-state index in [0.717, 1.165) is 85.4 Å². The number of hydrogen-bond acceptors (Lipinski definition) is 10. The molecule has 234 valence electrons. The second-order valence-corrected chi connectivity index (χ2v) is 12.0. The van der Waals surface area contributed by atoms with Crippen molar-refractivity contribution in [2.75, 3.05) is 37.6 Å². The predicted molar refractivity (Wildman–Crippen MR) is 173 cm³/mol. The van der Waals surface area contributed by atoms with Crippen LogP contribution < -0.4 is 44.2 Å². The van der Waals surface area contributed by atoms with Crippen molar-refractivity contribution in [2.45, 2.75) is 78.1 Å². The Hall–Kier alpha value is -3.66. The highest BCUT2D eigenvalue weighted by Crippen LogP contribution is 2.21. The third-order valence-corrected chi connectivity index (χ3v) is 8.26. The molecule has 4 amide bonds. The van der Waals surface area contributed by atoms with Crippen LogP contribution >= 0.6 is 22.7 Å². The van der Waals surface area contributed by atoms with Gasteiger partial charge in [0.2, 0.25) is 0 Å². The van der Waals surface area contributed by atoms with Gasteiger partial charge in [-0.2, -0.15) is 0 Å². The number of aryl methyl sites for hydroxylation is 4. The highest BCUT2D eigenvalue weighted by molar-refractivity contribution is 7.15. The van der Waals surface area contributed by atoms with Crippen molar-refractivity contribution in [2.24, 2.45) is 21.5 Å². The summed E-state index contributed by atoms with van der Waals surface area (Å²) in [5.74, 6) is 0.212. The molecule has 14 nitrogen and oxygen atoms in total. The number of unbranched alkanes of at least 4 members (excludes halogenated alkanes) is 5. The van der Waals surface area contributed by atoms with Gasteiger partial charge in [0.25, 0.3) is 0 Å². The van der Waals surface area contributed by atoms with Crippen LogP contribution in [0, 0.1) is 13.8 Å².